The Bertz CT molecular complexity index is 240. The number of amides is 1. The van der Waals surface area contributed by atoms with Gasteiger partial charge < -0.3 is 10.1 Å². The van der Waals surface area contributed by atoms with Crippen LogP contribution in [0, 0.1) is 0 Å². The Balaban J connectivity index is 2.00. The first-order valence-electron chi connectivity index (χ1n) is 6.20. The van der Waals surface area contributed by atoms with Gasteiger partial charge in [-0.1, -0.05) is 32.6 Å². The number of carbonyl (C=O) groups excluding carboxylic acids is 2. The quantitative estimate of drug-likeness (QED) is 0.533. The predicted octanol–water partition coefficient (Wildman–Crippen LogP) is 1.78. The van der Waals surface area contributed by atoms with Crippen molar-refractivity contribution in [2.24, 2.45) is 0 Å². The first-order valence-corrected chi connectivity index (χ1v) is 6.20. The van der Waals surface area contributed by atoms with Crippen LogP contribution >= 0.6 is 0 Å². The zero-order chi connectivity index (χ0) is 11.8. The summed E-state index contributed by atoms with van der Waals surface area (Å²) in [7, 11) is 0. The Kier molecular flexibility index (Phi) is 5.90. The second-order valence-corrected chi connectivity index (χ2v) is 4.24. The summed E-state index contributed by atoms with van der Waals surface area (Å²) in [5, 5.41) is 2.60. The van der Waals surface area contributed by atoms with E-state index in [9.17, 15) is 9.59 Å². The third-order valence-corrected chi connectivity index (χ3v) is 2.77. The van der Waals surface area contributed by atoms with Gasteiger partial charge in [0.15, 0.2) is 0 Å². The summed E-state index contributed by atoms with van der Waals surface area (Å²) in [4.78, 5) is 22.3. The van der Waals surface area contributed by atoms with Gasteiger partial charge in [0.1, 0.15) is 6.04 Å². The summed E-state index contributed by atoms with van der Waals surface area (Å²) in [6.07, 6.45) is 6.71. The molecule has 0 aromatic heterocycles. The Morgan fingerprint density at radius 2 is 2.12 bits per heavy atom. The van der Waals surface area contributed by atoms with Crippen molar-refractivity contribution in [1.29, 1.82) is 0 Å². The highest BCUT2D eigenvalue weighted by Crippen LogP contribution is 2.09. The molecular formula is C12H21NO3. The summed E-state index contributed by atoms with van der Waals surface area (Å²) in [6.45, 7) is 2.65. The predicted molar refractivity (Wildman–Crippen MR) is 60.9 cm³/mol. The van der Waals surface area contributed by atoms with Crippen LogP contribution in [0.15, 0.2) is 0 Å². The molecule has 0 aromatic rings. The Morgan fingerprint density at radius 1 is 1.38 bits per heavy atom. The van der Waals surface area contributed by atoms with Crippen LogP contribution in [0.2, 0.25) is 0 Å². The average Bonchev–Trinajstić information content (AvgIpc) is 2.70. The molecule has 16 heavy (non-hydrogen) atoms. The van der Waals surface area contributed by atoms with E-state index in [1.807, 2.05) is 0 Å². The van der Waals surface area contributed by atoms with Gasteiger partial charge in [0.25, 0.3) is 0 Å². The molecule has 0 aliphatic carbocycles. The van der Waals surface area contributed by atoms with Crippen molar-refractivity contribution in [3.8, 4) is 0 Å². The average molecular weight is 227 g/mol. The van der Waals surface area contributed by atoms with Gasteiger partial charge in [-0.2, -0.15) is 0 Å². The third kappa shape index (κ3) is 4.64. The minimum atomic E-state index is -0.400. The molecule has 1 amide bonds. The first kappa shape index (κ1) is 13.0. The fourth-order valence-electron chi connectivity index (χ4n) is 1.77. The maximum Gasteiger partial charge on any atom is 0.328 e. The van der Waals surface area contributed by atoms with Gasteiger partial charge in [-0.15, -0.1) is 0 Å². The van der Waals surface area contributed by atoms with Crippen LogP contribution in [-0.4, -0.2) is 24.5 Å². The topological polar surface area (TPSA) is 55.4 Å². The summed E-state index contributed by atoms with van der Waals surface area (Å²) in [6, 6.07) is -0.400. The van der Waals surface area contributed by atoms with Crippen LogP contribution in [-0.2, 0) is 14.3 Å². The van der Waals surface area contributed by atoms with Crippen molar-refractivity contribution in [2.75, 3.05) is 6.61 Å². The number of rotatable bonds is 7. The van der Waals surface area contributed by atoms with E-state index in [1.165, 1.54) is 19.3 Å². The second kappa shape index (κ2) is 7.25. The zero-order valence-electron chi connectivity index (χ0n) is 9.96. The normalized spacial score (nSPS) is 19.6. The van der Waals surface area contributed by atoms with Gasteiger partial charge in [-0.05, 0) is 12.8 Å². The van der Waals surface area contributed by atoms with Gasteiger partial charge in [-0.3, -0.25) is 4.79 Å². The van der Waals surface area contributed by atoms with Gasteiger partial charge in [0, 0.05) is 6.42 Å². The Morgan fingerprint density at radius 3 is 2.75 bits per heavy atom. The smallest absolute Gasteiger partial charge is 0.328 e. The highest BCUT2D eigenvalue weighted by molar-refractivity contribution is 5.87. The van der Waals surface area contributed by atoms with Gasteiger partial charge >= 0.3 is 5.97 Å². The van der Waals surface area contributed by atoms with Crippen LogP contribution < -0.4 is 5.32 Å². The van der Waals surface area contributed by atoms with E-state index in [-0.39, 0.29) is 11.9 Å². The fraction of sp³-hybridized carbons (Fsp3) is 0.833. The molecule has 1 aliphatic rings. The summed E-state index contributed by atoms with van der Waals surface area (Å²) in [5.74, 6) is -0.328. The van der Waals surface area contributed by atoms with E-state index < -0.39 is 6.04 Å². The lowest BCUT2D eigenvalue weighted by Gasteiger charge is -2.09. The Hall–Kier alpha value is -1.06. The molecule has 1 heterocycles. The lowest BCUT2D eigenvalue weighted by Crippen LogP contribution is -2.34. The molecule has 1 atom stereocenters. The van der Waals surface area contributed by atoms with Crippen molar-refractivity contribution in [3.05, 3.63) is 0 Å². The van der Waals surface area contributed by atoms with Crippen molar-refractivity contribution < 1.29 is 14.3 Å². The van der Waals surface area contributed by atoms with Gasteiger partial charge in [-0.25, -0.2) is 4.79 Å². The molecule has 0 aromatic carbocycles. The standard InChI is InChI=1S/C12H21NO3/c1-2-3-4-5-6-9-16-12(15)10-7-8-11(14)13-10/h10H,2-9H2,1H3,(H,13,14)/t10-/m0/s1. The van der Waals surface area contributed by atoms with Crippen LogP contribution in [0.1, 0.15) is 51.9 Å². The largest absolute Gasteiger partial charge is 0.464 e. The molecule has 1 aliphatic heterocycles. The summed E-state index contributed by atoms with van der Waals surface area (Å²) in [5.41, 5.74) is 0. The molecule has 4 heteroatoms. The number of carbonyl (C=O) groups is 2. The van der Waals surface area contributed by atoms with Gasteiger partial charge in [0.2, 0.25) is 5.91 Å². The van der Waals surface area contributed by atoms with Crippen molar-refractivity contribution >= 4 is 11.9 Å². The molecule has 0 unspecified atom stereocenters. The van der Waals surface area contributed by atoms with E-state index >= 15 is 0 Å². The van der Waals surface area contributed by atoms with Crippen molar-refractivity contribution in [1.82, 2.24) is 5.32 Å². The molecular weight excluding hydrogens is 206 g/mol. The number of esters is 1. The zero-order valence-corrected chi connectivity index (χ0v) is 9.96. The number of unbranched alkanes of at least 4 members (excludes halogenated alkanes) is 4. The Labute approximate surface area is 96.7 Å². The van der Waals surface area contributed by atoms with E-state index in [1.54, 1.807) is 0 Å². The number of hydrogen-bond acceptors (Lipinski definition) is 3. The van der Waals surface area contributed by atoms with Gasteiger partial charge in [0.05, 0.1) is 6.61 Å². The number of nitrogens with one attached hydrogen (secondary N) is 1. The summed E-state index contributed by atoms with van der Waals surface area (Å²) < 4.78 is 5.10. The molecule has 0 saturated carbocycles. The molecule has 0 spiro atoms. The highest BCUT2D eigenvalue weighted by atomic mass is 16.5. The molecule has 1 saturated heterocycles. The number of hydrogen-bond donors (Lipinski definition) is 1. The second-order valence-electron chi connectivity index (χ2n) is 4.24. The lowest BCUT2D eigenvalue weighted by molar-refractivity contribution is -0.146. The molecule has 0 bridgehead atoms. The lowest BCUT2D eigenvalue weighted by atomic mass is 10.2. The minimum absolute atomic E-state index is 0.0510. The monoisotopic (exact) mass is 227 g/mol. The fourth-order valence-corrected chi connectivity index (χ4v) is 1.77. The van der Waals surface area contributed by atoms with E-state index in [4.69, 9.17) is 4.74 Å². The minimum Gasteiger partial charge on any atom is -0.464 e. The SMILES string of the molecule is CCCCCCCOC(=O)[C@@H]1CCC(=O)N1. The van der Waals surface area contributed by atoms with Crippen LogP contribution in [0.4, 0.5) is 0 Å². The van der Waals surface area contributed by atoms with Crippen LogP contribution in [0.3, 0.4) is 0 Å². The van der Waals surface area contributed by atoms with Crippen molar-refractivity contribution in [3.63, 3.8) is 0 Å². The van der Waals surface area contributed by atoms with Crippen LogP contribution in [0.5, 0.6) is 0 Å². The maximum absolute atomic E-state index is 11.4. The maximum atomic E-state index is 11.4. The summed E-state index contributed by atoms with van der Waals surface area (Å²) >= 11 is 0. The molecule has 1 fully saturated rings. The van der Waals surface area contributed by atoms with Crippen molar-refractivity contribution in [2.45, 2.75) is 57.9 Å². The first-order chi connectivity index (χ1) is 7.74. The third-order valence-electron chi connectivity index (χ3n) is 2.77. The van der Waals surface area contributed by atoms with E-state index in [0.717, 1.165) is 12.8 Å². The molecule has 92 valence electrons. The van der Waals surface area contributed by atoms with Crippen LogP contribution in [0.25, 0.3) is 0 Å². The molecule has 0 radical (unpaired) electrons. The molecule has 1 rings (SSSR count). The molecule has 4 nitrogen and oxygen atoms in total. The van der Waals surface area contributed by atoms with E-state index in [0.29, 0.717) is 19.4 Å². The number of ether oxygens (including phenoxy) is 1. The highest BCUT2D eigenvalue weighted by Gasteiger charge is 2.28. The molecule has 1 N–H and O–H groups in total. The van der Waals surface area contributed by atoms with E-state index in [2.05, 4.69) is 12.2 Å².